The van der Waals surface area contributed by atoms with E-state index in [1.807, 2.05) is 93.6 Å². The molecule has 0 fully saturated rings. The van der Waals surface area contributed by atoms with Crippen LogP contribution in [0.4, 0.5) is 0 Å². The number of hydrogen-bond acceptors (Lipinski definition) is 3. The molecule has 0 aliphatic rings. The highest BCUT2D eigenvalue weighted by Gasteiger charge is 2.31. The van der Waals surface area contributed by atoms with Crippen molar-refractivity contribution in [3.63, 3.8) is 0 Å². The van der Waals surface area contributed by atoms with Gasteiger partial charge in [-0.25, -0.2) is 0 Å². The molecule has 6 heteroatoms. The number of hydrogen-bond donors (Lipinski definition) is 1. The van der Waals surface area contributed by atoms with Crippen molar-refractivity contribution in [2.75, 3.05) is 6.61 Å². The van der Waals surface area contributed by atoms with Crippen molar-refractivity contribution < 1.29 is 14.3 Å². The van der Waals surface area contributed by atoms with Gasteiger partial charge in [0.15, 0.2) is 6.61 Å². The first-order valence-electron chi connectivity index (χ1n) is 11.9. The summed E-state index contributed by atoms with van der Waals surface area (Å²) in [4.78, 5) is 28.7. The standard InChI is InChI=1S/C29H33ClN2O3/c1-4-22(3)31-29(34)26(18-23-12-6-5-7-13-23)32(19-24-14-10-15-25(30)17-24)28(33)20-35-27-16-9-8-11-21(27)2/h5-17,22,26H,4,18-20H2,1-3H3,(H,31,34)/t22-,26+/m1/s1. The molecule has 5 nitrogen and oxygen atoms in total. The van der Waals surface area contributed by atoms with E-state index in [-0.39, 0.29) is 31.0 Å². The van der Waals surface area contributed by atoms with Gasteiger partial charge in [-0.2, -0.15) is 0 Å². The number of para-hydroxylation sites is 1. The number of carbonyl (C=O) groups excluding carboxylic acids is 2. The molecule has 2 amide bonds. The zero-order valence-corrected chi connectivity index (χ0v) is 21.3. The van der Waals surface area contributed by atoms with Crippen molar-refractivity contribution in [2.45, 2.75) is 52.2 Å². The van der Waals surface area contributed by atoms with Gasteiger partial charge in [-0.3, -0.25) is 9.59 Å². The van der Waals surface area contributed by atoms with Crippen molar-refractivity contribution in [3.05, 3.63) is 101 Å². The van der Waals surface area contributed by atoms with Crippen molar-refractivity contribution in [3.8, 4) is 5.75 Å². The quantitative estimate of drug-likeness (QED) is 0.380. The van der Waals surface area contributed by atoms with Crippen LogP contribution in [0.15, 0.2) is 78.9 Å². The molecule has 0 bridgehead atoms. The number of ether oxygens (including phenoxy) is 1. The van der Waals surface area contributed by atoms with Gasteiger partial charge in [-0.1, -0.05) is 79.2 Å². The molecule has 2 atom stereocenters. The molecule has 3 rings (SSSR count). The van der Waals surface area contributed by atoms with Gasteiger partial charge in [0.1, 0.15) is 11.8 Å². The van der Waals surface area contributed by atoms with Crippen LogP contribution < -0.4 is 10.1 Å². The van der Waals surface area contributed by atoms with Crippen LogP contribution in [0, 0.1) is 6.92 Å². The topological polar surface area (TPSA) is 58.6 Å². The molecule has 0 unspecified atom stereocenters. The van der Waals surface area contributed by atoms with E-state index >= 15 is 0 Å². The van der Waals surface area contributed by atoms with Gasteiger partial charge in [-0.05, 0) is 55.2 Å². The molecule has 1 N–H and O–H groups in total. The molecular formula is C29H33ClN2O3. The average Bonchev–Trinajstić information content (AvgIpc) is 2.86. The summed E-state index contributed by atoms with van der Waals surface area (Å²) in [5.74, 6) is 0.190. The summed E-state index contributed by atoms with van der Waals surface area (Å²) in [6.45, 7) is 5.97. The molecule has 0 saturated carbocycles. The number of nitrogens with one attached hydrogen (secondary N) is 1. The maximum atomic E-state index is 13.6. The Kier molecular flexibility index (Phi) is 9.74. The molecule has 3 aromatic carbocycles. The van der Waals surface area contributed by atoms with E-state index in [1.165, 1.54) is 0 Å². The normalized spacial score (nSPS) is 12.5. The smallest absolute Gasteiger partial charge is 0.261 e. The molecular weight excluding hydrogens is 460 g/mol. The van der Waals surface area contributed by atoms with Crippen LogP contribution in [0.5, 0.6) is 5.75 Å². The molecule has 0 aromatic heterocycles. The molecule has 0 radical (unpaired) electrons. The summed E-state index contributed by atoms with van der Waals surface area (Å²) in [6.07, 6.45) is 1.18. The van der Waals surface area contributed by atoms with Crippen LogP contribution in [-0.4, -0.2) is 35.4 Å². The van der Waals surface area contributed by atoms with Crippen LogP contribution in [0.2, 0.25) is 5.02 Å². The summed E-state index contributed by atoms with van der Waals surface area (Å²) in [5, 5.41) is 3.64. The highest BCUT2D eigenvalue weighted by Crippen LogP contribution is 2.20. The van der Waals surface area contributed by atoms with Gasteiger partial charge in [0.05, 0.1) is 0 Å². The number of halogens is 1. The maximum absolute atomic E-state index is 13.6. The van der Waals surface area contributed by atoms with E-state index in [1.54, 1.807) is 11.0 Å². The van der Waals surface area contributed by atoms with Crippen molar-refractivity contribution in [1.82, 2.24) is 10.2 Å². The SMILES string of the molecule is CC[C@@H](C)NC(=O)[C@H](Cc1ccccc1)N(Cc1cccc(Cl)c1)C(=O)COc1ccccc1C. The van der Waals surface area contributed by atoms with Crippen molar-refractivity contribution >= 4 is 23.4 Å². The summed E-state index contributed by atoms with van der Waals surface area (Å²) in [5.41, 5.74) is 2.76. The number of benzene rings is 3. The summed E-state index contributed by atoms with van der Waals surface area (Å²) >= 11 is 6.22. The van der Waals surface area contributed by atoms with E-state index < -0.39 is 6.04 Å². The Morgan fingerprint density at radius 3 is 2.34 bits per heavy atom. The molecule has 0 aliphatic heterocycles. The molecule has 3 aromatic rings. The van der Waals surface area contributed by atoms with Gasteiger partial charge >= 0.3 is 0 Å². The first-order chi connectivity index (χ1) is 16.9. The van der Waals surface area contributed by atoms with Gasteiger partial charge in [0, 0.05) is 24.0 Å². The van der Waals surface area contributed by atoms with Gasteiger partial charge < -0.3 is 15.0 Å². The van der Waals surface area contributed by atoms with E-state index in [9.17, 15) is 9.59 Å². The Morgan fingerprint density at radius 2 is 1.66 bits per heavy atom. The van der Waals surface area contributed by atoms with Crippen LogP contribution >= 0.6 is 11.6 Å². The summed E-state index contributed by atoms with van der Waals surface area (Å²) < 4.78 is 5.87. The summed E-state index contributed by atoms with van der Waals surface area (Å²) in [7, 11) is 0. The molecule has 35 heavy (non-hydrogen) atoms. The average molecular weight is 493 g/mol. The lowest BCUT2D eigenvalue weighted by molar-refractivity contribution is -0.143. The lowest BCUT2D eigenvalue weighted by atomic mass is 10.0. The number of nitrogens with zero attached hydrogens (tertiary/aromatic N) is 1. The van der Waals surface area contributed by atoms with Crippen LogP contribution in [0.1, 0.15) is 37.0 Å². The predicted molar refractivity (Wildman–Crippen MR) is 141 cm³/mol. The highest BCUT2D eigenvalue weighted by molar-refractivity contribution is 6.30. The molecule has 184 valence electrons. The predicted octanol–water partition coefficient (Wildman–Crippen LogP) is 5.58. The number of rotatable bonds is 11. The van der Waals surface area contributed by atoms with Crippen molar-refractivity contribution in [2.24, 2.45) is 0 Å². The second-order valence-electron chi connectivity index (χ2n) is 8.73. The van der Waals surface area contributed by atoms with Gasteiger partial charge in [0.2, 0.25) is 5.91 Å². The minimum atomic E-state index is -0.710. The second-order valence-corrected chi connectivity index (χ2v) is 9.17. The first kappa shape index (κ1) is 26.3. The number of carbonyl (C=O) groups is 2. The van der Waals surface area contributed by atoms with E-state index in [0.29, 0.717) is 17.2 Å². The molecule has 0 saturated heterocycles. The third kappa shape index (κ3) is 7.86. The fourth-order valence-electron chi connectivity index (χ4n) is 3.77. The monoisotopic (exact) mass is 492 g/mol. The fraction of sp³-hybridized carbons (Fsp3) is 0.310. The number of amides is 2. The number of aryl methyl sites for hydroxylation is 1. The third-order valence-electron chi connectivity index (χ3n) is 5.96. The second kappa shape index (κ2) is 13.0. The zero-order chi connectivity index (χ0) is 25.2. The maximum Gasteiger partial charge on any atom is 0.261 e. The van der Waals surface area contributed by atoms with Crippen molar-refractivity contribution in [1.29, 1.82) is 0 Å². The Hall–Kier alpha value is -3.31. The Balaban J connectivity index is 1.92. The zero-order valence-electron chi connectivity index (χ0n) is 20.5. The fourth-order valence-corrected chi connectivity index (χ4v) is 3.98. The molecule has 0 spiro atoms. The third-order valence-corrected chi connectivity index (χ3v) is 6.19. The van der Waals surface area contributed by atoms with E-state index in [4.69, 9.17) is 16.3 Å². The largest absolute Gasteiger partial charge is 0.484 e. The summed E-state index contributed by atoms with van der Waals surface area (Å²) in [6, 6.07) is 23.9. The Morgan fingerprint density at radius 1 is 0.971 bits per heavy atom. The van der Waals surface area contributed by atoms with Crippen LogP contribution in [0.25, 0.3) is 0 Å². The van der Waals surface area contributed by atoms with Crippen LogP contribution in [0.3, 0.4) is 0 Å². The molecule has 0 heterocycles. The van der Waals surface area contributed by atoms with E-state index in [0.717, 1.165) is 23.1 Å². The van der Waals surface area contributed by atoms with Gasteiger partial charge in [-0.15, -0.1) is 0 Å². The first-order valence-corrected chi connectivity index (χ1v) is 12.3. The lowest BCUT2D eigenvalue weighted by Gasteiger charge is -2.32. The minimum Gasteiger partial charge on any atom is -0.484 e. The minimum absolute atomic E-state index is 0.00730. The Labute approximate surface area is 213 Å². The highest BCUT2D eigenvalue weighted by atomic mass is 35.5. The van der Waals surface area contributed by atoms with Crippen LogP contribution in [-0.2, 0) is 22.6 Å². The Bertz CT molecular complexity index is 1120. The van der Waals surface area contributed by atoms with Gasteiger partial charge in [0.25, 0.3) is 5.91 Å². The van der Waals surface area contributed by atoms with E-state index in [2.05, 4.69) is 5.32 Å². The molecule has 0 aliphatic carbocycles. The lowest BCUT2D eigenvalue weighted by Crippen LogP contribution is -2.53.